The molecule has 3 N–H and O–H groups in total. The fourth-order valence-corrected chi connectivity index (χ4v) is 6.15. The molecular weight excluding hydrogens is 715 g/mol. The second-order valence-electron chi connectivity index (χ2n) is 14.6. The molecule has 0 bridgehead atoms. The van der Waals surface area contributed by atoms with E-state index in [1.807, 2.05) is 13.0 Å². The standard InChI is InChI=1S/C45H79O9P/c1-3-4-5-6-7-8-9-10-11-12-13-14-17-21-24-27-30-33-36-39-45(48)54-43(41-53-55(49,50)51)40-52-44(47)38-35-32-29-26-23-20-18-15-16-19-22-25-28-31-34-37-42(2)46/h10-11,16,18-20,25-26,28-29,42-43,46H,3-9,12-15,17,21-24,27,30-41H2,1-2H3,(H2,49,50,51)/b11-10-,19-16-,20-18-,28-25-,29-26-/t42-,43-/m1/s1. The van der Waals surface area contributed by atoms with Gasteiger partial charge in [0.2, 0.25) is 0 Å². The molecule has 9 nitrogen and oxygen atoms in total. The first kappa shape index (κ1) is 52.7. The van der Waals surface area contributed by atoms with Crippen LogP contribution in [0.1, 0.15) is 187 Å². The van der Waals surface area contributed by atoms with Crippen molar-refractivity contribution in [3.63, 3.8) is 0 Å². The average molecular weight is 795 g/mol. The third kappa shape index (κ3) is 44.3. The molecule has 0 aromatic heterocycles. The van der Waals surface area contributed by atoms with Crippen molar-refractivity contribution in [3.05, 3.63) is 60.8 Å². The molecule has 55 heavy (non-hydrogen) atoms. The Bertz CT molecular complexity index is 1090. The highest BCUT2D eigenvalue weighted by molar-refractivity contribution is 7.46. The minimum atomic E-state index is -4.78. The third-order valence-electron chi connectivity index (χ3n) is 9.03. The molecule has 0 radical (unpaired) electrons. The summed E-state index contributed by atoms with van der Waals surface area (Å²) >= 11 is 0. The largest absolute Gasteiger partial charge is 0.469 e. The SMILES string of the molecule is CCCCCCCC/C=C\CCCCCCCCCCCC(=O)O[C@H](COC(=O)CCC/C=C\C/C=C\C/C=C\C/C=C\CCC[C@@H](C)O)COP(=O)(O)O. The molecule has 0 rings (SSSR count). The van der Waals surface area contributed by atoms with Gasteiger partial charge in [-0.25, -0.2) is 4.57 Å². The van der Waals surface area contributed by atoms with Crippen LogP contribution in [0.4, 0.5) is 0 Å². The molecule has 0 aliphatic carbocycles. The zero-order valence-corrected chi connectivity index (χ0v) is 35.6. The van der Waals surface area contributed by atoms with Gasteiger partial charge in [-0.3, -0.25) is 14.1 Å². The zero-order chi connectivity index (χ0) is 40.5. The minimum Gasteiger partial charge on any atom is -0.462 e. The van der Waals surface area contributed by atoms with Gasteiger partial charge in [0.15, 0.2) is 6.10 Å². The summed E-state index contributed by atoms with van der Waals surface area (Å²) in [5.74, 6) is -0.970. The number of carbonyl (C=O) groups excluding carboxylic acids is 2. The van der Waals surface area contributed by atoms with E-state index < -0.39 is 32.5 Å². The lowest BCUT2D eigenvalue weighted by molar-refractivity contribution is -0.161. The van der Waals surface area contributed by atoms with Crippen LogP contribution in [0, 0.1) is 0 Å². The number of allylic oxidation sites excluding steroid dienone is 10. The lowest BCUT2D eigenvalue weighted by Gasteiger charge is -2.18. The number of rotatable bonds is 39. The van der Waals surface area contributed by atoms with Crippen LogP contribution in [0.5, 0.6) is 0 Å². The predicted molar refractivity (Wildman–Crippen MR) is 227 cm³/mol. The molecule has 2 atom stereocenters. The first-order valence-corrected chi connectivity index (χ1v) is 23.1. The smallest absolute Gasteiger partial charge is 0.462 e. The van der Waals surface area contributed by atoms with E-state index in [9.17, 15) is 19.3 Å². The Labute approximate surface area is 335 Å². The van der Waals surface area contributed by atoms with Gasteiger partial charge < -0.3 is 24.4 Å². The van der Waals surface area contributed by atoms with Crippen LogP contribution in [-0.2, 0) is 28.2 Å². The topological polar surface area (TPSA) is 140 Å². The Balaban J connectivity index is 4.00. The fraction of sp³-hybridized carbons (Fsp3) is 0.733. The molecule has 0 fully saturated rings. The second-order valence-corrected chi connectivity index (χ2v) is 15.8. The van der Waals surface area contributed by atoms with Gasteiger partial charge in [0.05, 0.1) is 12.7 Å². The third-order valence-corrected chi connectivity index (χ3v) is 9.51. The first-order valence-electron chi connectivity index (χ1n) is 21.6. The number of carbonyl (C=O) groups is 2. The molecule has 0 aromatic rings. The van der Waals surface area contributed by atoms with Crippen molar-refractivity contribution in [3.8, 4) is 0 Å². The van der Waals surface area contributed by atoms with E-state index in [2.05, 4.69) is 66.1 Å². The highest BCUT2D eigenvalue weighted by Crippen LogP contribution is 2.36. The van der Waals surface area contributed by atoms with Gasteiger partial charge >= 0.3 is 19.8 Å². The maximum absolute atomic E-state index is 12.4. The fourth-order valence-electron chi connectivity index (χ4n) is 5.79. The number of hydrogen-bond acceptors (Lipinski definition) is 7. The number of aliphatic hydroxyl groups excluding tert-OH is 1. The van der Waals surface area contributed by atoms with Crippen molar-refractivity contribution in [1.82, 2.24) is 0 Å². The Morgan fingerprint density at radius 1 is 0.545 bits per heavy atom. The van der Waals surface area contributed by atoms with Crippen LogP contribution in [0.2, 0.25) is 0 Å². The van der Waals surface area contributed by atoms with E-state index in [0.29, 0.717) is 19.3 Å². The van der Waals surface area contributed by atoms with Crippen LogP contribution < -0.4 is 0 Å². The summed E-state index contributed by atoms with van der Waals surface area (Å²) in [7, 11) is -4.78. The highest BCUT2D eigenvalue weighted by Gasteiger charge is 2.22. The second kappa shape index (κ2) is 39.9. The lowest BCUT2D eigenvalue weighted by atomic mass is 10.1. The van der Waals surface area contributed by atoms with Crippen LogP contribution in [-0.4, -0.2) is 52.3 Å². The molecule has 0 saturated carbocycles. The van der Waals surface area contributed by atoms with E-state index in [-0.39, 0.29) is 25.6 Å². The summed E-state index contributed by atoms with van der Waals surface area (Å²) in [5.41, 5.74) is 0. The van der Waals surface area contributed by atoms with Crippen molar-refractivity contribution in [1.29, 1.82) is 0 Å². The maximum Gasteiger partial charge on any atom is 0.469 e. The van der Waals surface area contributed by atoms with Crippen LogP contribution >= 0.6 is 7.82 Å². The predicted octanol–water partition coefficient (Wildman–Crippen LogP) is 12.3. The molecule has 0 aliphatic rings. The van der Waals surface area contributed by atoms with Crippen molar-refractivity contribution in [2.24, 2.45) is 0 Å². The van der Waals surface area contributed by atoms with E-state index in [0.717, 1.165) is 57.8 Å². The molecule has 0 heterocycles. The summed E-state index contributed by atoms with van der Waals surface area (Å²) in [5, 5.41) is 9.25. The Morgan fingerprint density at radius 2 is 0.964 bits per heavy atom. The van der Waals surface area contributed by atoms with Crippen LogP contribution in [0.25, 0.3) is 0 Å². The Morgan fingerprint density at radius 3 is 1.47 bits per heavy atom. The molecule has 318 valence electrons. The number of hydrogen-bond donors (Lipinski definition) is 3. The van der Waals surface area contributed by atoms with Crippen LogP contribution in [0.3, 0.4) is 0 Å². The van der Waals surface area contributed by atoms with Gasteiger partial charge in [-0.1, -0.05) is 145 Å². The van der Waals surface area contributed by atoms with Gasteiger partial charge in [0.25, 0.3) is 0 Å². The summed E-state index contributed by atoms with van der Waals surface area (Å²) in [6.07, 6.45) is 47.9. The molecule has 0 amide bonds. The van der Waals surface area contributed by atoms with Crippen molar-refractivity contribution >= 4 is 19.8 Å². The highest BCUT2D eigenvalue weighted by atomic mass is 31.2. The molecule has 0 spiro atoms. The van der Waals surface area contributed by atoms with E-state index >= 15 is 0 Å². The van der Waals surface area contributed by atoms with Gasteiger partial charge in [0, 0.05) is 12.8 Å². The normalized spacial score (nSPS) is 13.6. The van der Waals surface area contributed by atoms with E-state index in [1.165, 1.54) is 83.5 Å². The summed E-state index contributed by atoms with van der Waals surface area (Å²) in [6.45, 7) is 3.19. The molecular formula is C45H79O9P. The number of aliphatic hydroxyl groups is 1. The molecule has 0 saturated heterocycles. The zero-order valence-electron chi connectivity index (χ0n) is 34.7. The quantitative estimate of drug-likeness (QED) is 0.0240. The Kier molecular flexibility index (Phi) is 38.3. The number of phosphoric ester groups is 1. The summed E-state index contributed by atoms with van der Waals surface area (Å²) in [4.78, 5) is 42.9. The van der Waals surface area contributed by atoms with Crippen molar-refractivity contribution in [2.45, 2.75) is 199 Å². The summed E-state index contributed by atoms with van der Waals surface area (Å²) in [6, 6.07) is 0. The summed E-state index contributed by atoms with van der Waals surface area (Å²) < 4.78 is 26.3. The maximum atomic E-state index is 12.4. The number of unbranched alkanes of at least 4 members (excludes halogenated alkanes) is 17. The van der Waals surface area contributed by atoms with Crippen LogP contribution in [0.15, 0.2) is 60.8 Å². The first-order chi connectivity index (χ1) is 26.6. The number of phosphoric acid groups is 1. The molecule has 0 unspecified atom stereocenters. The van der Waals surface area contributed by atoms with Gasteiger partial charge in [0.1, 0.15) is 6.61 Å². The minimum absolute atomic E-state index is 0.177. The molecule has 0 aromatic carbocycles. The van der Waals surface area contributed by atoms with E-state index in [4.69, 9.17) is 19.3 Å². The van der Waals surface area contributed by atoms with Crippen molar-refractivity contribution in [2.75, 3.05) is 13.2 Å². The van der Waals surface area contributed by atoms with Gasteiger partial charge in [-0.15, -0.1) is 0 Å². The number of ether oxygens (including phenoxy) is 2. The van der Waals surface area contributed by atoms with Gasteiger partial charge in [-0.2, -0.15) is 0 Å². The monoisotopic (exact) mass is 795 g/mol. The lowest BCUT2D eigenvalue weighted by Crippen LogP contribution is -2.29. The van der Waals surface area contributed by atoms with Gasteiger partial charge in [-0.05, 0) is 90.4 Å². The molecule has 10 heteroatoms. The average Bonchev–Trinajstić information content (AvgIpc) is 3.14. The number of esters is 2. The van der Waals surface area contributed by atoms with E-state index in [1.54, 1.807) is 0 Å². The molecule has 0 aliphatic heterocycles. The van der Waals surface area contributed by atoms with Crippen molar-refractivity contribution < 1.29 is 43.0 Å². The Hall–Kier alpha value is -2.29.